The van der Waals surface area contributed by atoms with Crippen molar-refractivity contribution in [2.45, 2.75) is 51.1 Å². The summed E-state index contributed by atoms with van der Waals surface area (Å²) in [6, 6.07) is 1.42. The van der Waals surface area contributed by atoms with Crippen molar-refractivity contribution in [2.24, 2.45) is 0 Å². The Hall–Kier alpha value is -0.830. The number of hydrogen-bond donors (Lipinski definition) is 1. The molecule has 0 amide bonds. The summed E-state index contributed by atoms with van der Waals surface area (Å²) in [5, 5.41) is 3.37. The number of aromatic nitrogens is 2. The summed E-state index contributed by atoms with van der Waals surface area (Å²) in [6.07, 6.45) is 10.3. The van der Waals surface area contributed by atoms with E-state index >= 15 is 0 Å². The lowest BCUT2D eigenvalue weighted by molar-refractivity contribution is 0.296. The average Bonchev–Trinajstić information content (AvgIpc) is 2.77. The zero-order chi connectivity index (χ0) is 10.7. The summed E-state index contributed by atoms with van der Waals surface area (Å²) < 4.78 is 2.38. The first-order chi connectivity index (χ1) is 7.35. The molecule has 1 aromatic heterocycles. The van der Waals surface area contributed by atoms with E-state index in [2.05, 4.69) is 28.8 Å². The van der Waals surface area contributed by atoms with E-state index in [1.165, 1.54) is 31.4 Å². The van der Waals surface area contributed by atoms with E-state index in [4.69, 9.17) is 0 Å². The highest BCUT2D eigenvalue weighted by atomic mass is 15.1. The lowest BCUT2D eigenvalue weighted by Gasteiger charge is -2.30. The van der Waals surface area contributed by atoms with Gasteiger partial charge in [0.2, 0.25) is 0 Å². The van der Waals surface area contributed by atoms with Gasteiger partial charge in [-0.3, -0.25) is 0 Å². The molecule has 0 aliphatic heterocycles. The average molecular weight is 207 g/mol. The van der Waals surface area contributed by atoms with Crippen LogP contribution in [0.4, 0.5) is 0 Å². The van der Waals surface area contributed by atoms with E-state index in [0.29, 0.717) is 6.04 Å². The molecule has 1 fully saturated rings. The Morgan fingerprint density at radius 2 is 2.13 bits per heavy atom. The molecule has 0 radical (unpaired) electrons. The number of imidazole rings is 1. The van der Waals surface area contributed by atoms with Crippen LogP contribution in [0.2, 0.25) is 0 Å². The van der Waals surface area contributed by atoms with E-state index in [1.54, 1.807) is 0 Å². The Morgan fingerprint density at radius 1 is 1.40 bits per heavy atom. The molecular formula is C12H21N3. The number of nitrogens with zero attached hydrogens (tertiary/aromatic N) is 2. The topological polar surface area (TPSA) is 29.9 Å². The Kier molecular flexibility index (Phi) is 3.41. The SMILES string of the molecule is CCc1cncn1C1CCC(NC)CC1. The van der Waals surface area contributed by atoms with Crippen molar-refractivity contribution in [1.29, 1.82) is 0 Å². The second-order valence-corrected chi connectivity index (χ2v) is 4.44. The number of aryl methyl sites for hydroxylation is 1. The summed E-state index contributed by atoms with van der Waals surface area (Å²) >= 11 is 0. The van der Waals surface area contributed by atoms with Crippen molar-refractivity contribution in [3.63, 3.8) is 0 Å². The lowest BCUT2D eigenvalue weighted by Crippen LogP contribution is -2.31. The maximum atomic E-state index is 4.25. The summed E-state index contributed by atoms with van der Waals surface area (Å²) in [6.45, 7) is 2.20. The van der Waals surface area contributed by atoms with Gasteiger partial charge in [-0.15, -0.1) is 0 Å². The Bertz CT molecular complexity index is 298. The van der Waals surface area contributed by atoms with Crippen LogP contribution in [0, 0.1) is 0 Å². The molecule has 0 unspecified atom stereocenters. The van der Waals surface area contributed by atoms with Crippen LogP contribution in [-0.4, -0.2) is 22.6 Å². The van der Waals surface area contributed by atoms with Gasteiger partial charge in [0.15, 0.2) is 0 Å². The number of hydrogen-bond acceptors (Lipinski definition) is 2. The molecule has 1 aliphatic carbocycles. The van der Waals surface area contributed by atoms with Crippen molar-refractivity contribution in [3.8, 4) is 0 Å². The van der Waals surface area contributed by atoms with Gasteiger partial charge < -0.3 is 9.88 Å². The maximum Gasteiger partial charge on any atom is 0.0950 e. The minimum atomic E-state index is 0.687. The van der Waals surface area contributed by atoms with Crippen molar-refractivity contribution in [2.75, 3.05) is 7.05 Å². The molecule has 0 spiro atoms. The van der Waals surface area contributed by atoms with Crippen LogP contribution in [0.5, 0.6) is 0 Å². The van der Waals surface area contributed by atoms with Crippen LogP contribution in [-0.2, 0) is 6.42 Å². The van der Waals surface area contributed by atoms with Crippen LogP contribution < -0.4 is 5.32 Å². The van der Waals surface area contributed by atoms with Gasteiger partial charge >= 0.3 is 0 Å². The molecule has 0 saturated heterocycles. The number of nitrogens with one attached hydrogen (secondary N) is 1. The van der Waals surface area contributed by atoms with Crippen molar-refractivity contribution < 1.29 is 0 Å². The first kappa shape index (κ1) is 10.7. The fourth-order valence-corrected chi connectivity index (χ4v) is 2.58. The molecule has 0 aromatic carbocycles. The van der Waals surface area contributed by atoms with Gasteiger partial charge in [0, 0.05) is 24.0 Å². The third-order valence-corrected chi connectivity index (χ3v) is 3.61. The van der Waals surface area contributed by atoms with Gasteiger partial charge in [-0.05, 0) is 39.2 Å². The zero-order valence-corrected chi connectivity index (χ0v) is 9.74. The van der Waals surface area contributed by atoms with Gasteiger partial charge in [0.25, 0.3) is 0 Å². The highest BCUT2D eigenvalue weighted by Crippen LogP contribution is 2.29. The van der Waals surface area contributed by atoms with Crippen molar-refractivity contribution in [3.05, 3.63) is 18.2 Å². The molecule has 1 heterocycles. The fourth-order valence-electron chi connectivity index (χ4n) is 2.58. The molecule has 1 aliphatic rings. The van der Waals surface area contributed by atoms with Gasteiger partial charge in [-0.2, -0.15) is 0 Å². The zero-order valence-electron chi connectivity index (χ0n) is 9.74. The van der Waals surface area contributed by atoms with Crippen LogP contribution in [0.1, 0.15) is 44.3 Å². The molecule has 3 nitrogen and oxygen atoms in total. The van der Waals surface area contributed by atoms with Crippen LogP contribution >= 0.6 is 0 Å². The second kappa shape index (κ2) is 4.79. The van der Waals surface area contributed by atoms with Crippen LogP contribution in [0.15, 0.2) is 12.5 Å². The quantitative estimate of drug-likeness (QED) is 0.823. The number of rotatable bonds is 3. The largest absolute Gasteiger partial charge is 0.332 e. The van der Waals surface area contributed by atoms with Gasteiger partial charge in [0.05, 0.1) is 6.33 Å². The van der Waals surface area contributed by atoms with E-state index in [9.17, 15) is 0 Å². The molecule has 1 saturated carbocycles. The van der Waals surface area contributed by atoms with Crippen LogP contribution in [0.3, 0.4) is 0 Å². The molecule has 0 bridgehead atoms. The minimum Gasteiger partial charge on any atom is -0.332 e. The summed E-state index contributed by atoms with van der Waals surface area (Å²) in [5.41, 5.74) is 1.38. The molecule has 1 N–H and O–H groups in total. The van der Waals surface area contributed by atoms with Crippen LogP contribution in [0.25, 0.3) is 0 Å². The smallest absolute Gasteiger partial charge is 0.0950 e. The highest BCUT2D eigenvalue weighted by Gasteiger charge is 2.21. The Morgan fingerprint density at radius 3 is 2.73 bits per heavy atom. The minimum absolute atomic E-state index is 0.687. The van der Waals surface area contributed by atoms with Crippen molar-refractivity contribution >= 4 is 0 Å². The molecule has 2 rings (SSSR count). The predicted molar refractivity (Wildman–Crippen MR) is 62.0 cm³/mol. The normalized spacial score (nSPS) is 26.8. The maximum absolute atomic E-state index is 4.25. The monoisotopic (exact) mass is 207 g/mol. The molecule has 1 aromatic rings. The third kappa shape index (κ3) is 2.23. The standard InChI is InChI=1S/C12H21N3/c1-3-11-8-14-9-15(11)12-6-4-10(13-2)5-7-12/h8-10,12-13H,3-7H2,1-2H3. The van der Waals surface area contributed by atoms with Gasteiger partial charge in [-0.25, -0.2) is 4.98 Å². The van der Waals surface area contributed by atoms with Gasteiger partial charge in [0.1, 0.15) is 0 Å². The lowest BCUT2D eigenvalue weighted by atomic mass is 9.91. The predicted octanol–water partition coefficient (Wildman–Crippen LogP) is 2.15. The van der Waals surface area contributed by atoms with Crippen molar-refractivity contribution in [1.82, 2.24) is 14.9 Å². The Labute approximate surface area is 91.9 Å². The van der Waals surface area contributed by atoms with Gasteiger partial charge in [-0.1, -0.05) is 6.92 Å². The summed E-state index contributed by atoms with van der Waals surface area (Å²) in [4.78, 5) is 4.25. The first-order valence-corrected chi connectivity index (χ1v) is 6.03. The molecule has 84 valence electrons. The van der Waals surface area contributed by atoms with E-state index < -0.39 is 0 Å². The summed E-state index contributed by atoms with van der Waals surface area (Å²) in [7, 11) is 2.07. The van der Waals surface area contributed by atoms with E-state index in [0.717, 1.165) is 12.5 Å². The summed E-state index contributed by atoms with van der Waals surface area (Å²) in [5.74, 6) is 0. The van der Waals surface area contributed by atoms with E-state index in [1.807, 2.05) is 12.5 Å². The highest BCUT2D eigenvalue weighted by molar-refractivity contribution is 5.00. The second-order valence-electron chi connectivity index (χ2n) is 4.44. The Balaban J connectivity index is 2.01. The molecule has 0 atom stereocenters. The third-order valence-electron chi connectivity index (χ3n) is 3.61. The molecule has 3 heteroatoms. The first-order valence-electron chi connectivity index (χ1n) is 6.03. The van der Waals surface area contributed by atoms with E-state index in [-0.39, 0.29) is 0 Å². The molecular weight excluding hydrogens is 186 g/mol. The fraction of sp³-hybridized carbons (Fsp3) is 0.750. The molecule has 15 heavy (non-hydrogen) atoms.